The van der Waals surface area contributed by atoms with E-state index in [2.05, 4.69) is 10.9 Å². The summed E-state index contributed by atoms with van der Waals surface area (Å²) in [5, 5.41) is 0.629. The maximum Gasteiger partial charge on any atom is 0.269 e. The number of hydrazine groups is 1. The molecule has 0 spiro atoms. The molecule has 8 nitrogen and oxygen atoms in total. The fraction of sp³-hybridized carbons (Fsp3) is 0.300. The Labute approximate surface area is 181 Å². The van der Waals surface area contributed by atoms with Crippen molar-refractivity contribution in [2.24, 2.45) is 0 Å². The molecule has 2 amide bonds. The zero-order valence-corrected chi connectivity index (χ0v) is 18.5. The van der Waals surface area contributed by atoms with Crippen LogP contribution in [0.15, 0.2) is 47.4 Å². The van der Waals surface area contributed by atoms with Gasteiger partial charge in [0.2, 0.25) is 15.9 Å². The van der Waals surface area contributed by atoms with Crippen LogP contribution < -0.4 is 15.6 Å². The summed E-state index contributed by atoms with van der Waals surface area (Å²) in [4.78, 5) is 24.1. The Kier molecular flexibility index (Phi) is 8.22. The lowest BCUT2D eigenvalue weighted by molar-refractivity contribution is -0.122. The average molecular weight is 454 g/mol. The van der Waals surface area contributed by atoms with Crippen molar-refractivity contribution in [3.05, 3.63) is 58.6 Å². The van der Waals surface area contributed by atoms with Crippen LogP contribution in [0.4, 0.5) is 0 Å². The third-order valence-corrected chi connectivity index (χ3v) is 6.22. The quantitative estimate of drug-likeness (QED) is 0.472. The predicted octanol–water partition coefficient (Wildman–Crippen LogP) is 2.52. The van der Waals surface area contributed by atoms with E-state index in [4.69, 9.17) is 16.3 Å². The van der Waals surface area contributed by atoms with Gasteiger partial charge >= 0.3 is 0 Å². The van der Waals surface area contributed by atoms with Crippen molar-refractivity contribution in [1.82, 2.24) is 15.2 Å². The zero-order chi connectivity index (χ0) is 22.3. The molecule has 30 heavy (non-hydrogen) atoms. The number of aryl methyl sites for hydroxylation is 1. The number of carbonyl (C=O) groups is 2. The number of hydrogen-bond acceptors (Lipinski definition) is 5. The molecule has 0 atom stereocenters. The van der Waals surface area contributed by atoms with Crippen LogP contribution in [0, 0.1) is 6.92 Å². The van der Waals surface area contributed by atoms with Crippen molar-refractivity contribution in [3.8, 4) is 5.75 Å². The van der Waals surface area contributed by atoms with E-state index in [0.717, 1.165) is 9.87 Å². The van der Waals surface area contributed by atoms with Crippen LogP contribution in [0.1, 0.15) is 28.8 Å². The number of nitrogens with one attached hydrogen (secondary N) is 2. The fourth-order valence-electron chi connectivity index (χ4n) is 2.44. The molecule has 0 radical (unpaired) electrons. The molecule has 0 aliphatic heterocycles. The molecule has 0 aliphatic rings. The summed E-state index contributed by atoms with van der Waals surface area (Å²) >= 11 is 5.89. The van der Waals surface area contributed by atoms with Gasteiger partial charge in [-0.25, -0.2) is 12.7 Å². The molecule has 162 valence electrons. The summed E-state index contributed by atoms with van der Waals surface area (Å²) in [7, 11) is -0.722. The molecule has 0 aliphatic carbocycles. The Bertz CT molecular complexity index is 1010. The second kappa shape index (κ2) is 10.4. The number of halogens is 1. The van der Waals surface area contributed by atoms with Gasteiger partial charge in [-0.05, 0) is 61.4 Å². The molecule has 0 saturated heterocycles. The van der Waals surface area contributed by atoms with E-state index in [-0.39, 0.29) is 22.8 Å². The second-order valence-corrected chi connectivity index (χ2v) is 9.26. The van der Waals surface area contributed by atoms with Gasteiger partial charge in [0.15, 0.2) is 0 Å². The van der Waals surface area contributed by atoms with E-state index in [9.17, 15) is 18.0 Å². The van der Waals surface area contributed by atoms with E-state index in [0.29, 0.717) is 23.8 Å². The summed E-state index contributed by atoms with van der Waals surface area (Å²) in [6.07, 6.45) is 0.619. The van der Waals surface area contributed by atoms with E-state index < -0.39 is 15.9 Å². The van der Waals surface area contributed by atoms with E-state index >= 15 is 0 Å². The summed E-state index contributed by atoms with van der Waals surface area (Å²) < 4.78 is 30.8. The Hall–Kier alpha value is -2.62. The monoisotopic (exact) mass is 453 g/mol. The van der Waals surface area contributed by atoms with Crippen LogP contribution in [-0.2, 0) is 14.8 Å². The molecule has 0 saturated carbocycles. The number of carbonyl (C=O) groups excluding carboxylic acids is 2. The van der Waals surface area contributed by atoms with Crippen LogP contribution in [0.25, 0.3) is 0 Å². The van der Waals surface area contributed by atoms with Gasteiger partial charge in [-0.1, -0.05) is 11.6 Å². The van der Waals surface area contributed by atoms with Crippen molar-refractivity contribution < 1.29 is 22.7 Å². The Morgan fingerprint density at radius 3 is 2.33 bits per heavy atom. The van der Waals surface area contributed by atoms with Gasteiger partial charge in [-0.2, -0.15) is 0 Å². The van der Waals surface area contributed by atoms with Gasteiger partial charge in [-0.3, -0.25) is 20.4 Å². The number of hydrogen-bond donors (Lipinski definition) is 2. The number of rotatable bonds is 8. The first-order chi connectivity index (χ1) is 14.1. The van der Waals surface area contributed by atoms with Crippen LogP contribution in [0.3, 0.4) is 0 Å². The van der Waals surface area contributed by atoms with Crippen molar-refractivity contribution in [1.29, 1.82) is 0 Å². The number of sulfonamides is 1. The Morgan fingerprint density at radius 2 is 1.73 bits per heavy atom. The van der Waals surface area contributed by atoms with Gasteiger partial charge in [-0.15, -0.1) is 0 Å². The Morgan fingerprint density at radius 1 is 1.07 bits per heavy atom. The lowest BCUT2D eigenvalue weighted by Crippen LogP contribution is -2.41. The first-order valence-electron chi connectivity index (χ1n) is 9.12. The standard InChI is InChI=1S/C20H24ClN3O5S/c1-14-13-16(21)8-11-18(14)29-12-4-5-19(25)22-23-20(26)15-6-9-17(10-7-15)30(27,28)24(2)3/h6-11,13H,4-5,12H2,1-3H3,(H,22,25)(H,23,26). The maximum absolute atomic E-state index is 12.1. The molecular formula is C20H24ClN3O5S. The minimum absolute atomic E-state index is 0.0732. The molecule has 0 unspecified atom stereocenters. The minimum atomic E-state index is -3.57. The molecule has 0 bridgehead atoms. The number of amides is 2. The molecule has 2 aromatic carbocycles. The van der Waals surface area contributed by atoms with Gasteiger partial charge in [0.1, 0.15) is 5.75 Å². The lowest BCUT2D eigenvalue weighted by atomic mass is 10.2. The first-order valence-corrected chi connectivity index (χ1v) is 10.9. The smallest absolute Gasteiger partial charge is 0.269 e. The predicted molar refractivity (Wildman–Crippen MR) is 114 cm³/mol. The van der Waals surface area contributed by atoms with Gasteiger partial charge < -0.3 is 4.74 Å². The summed E-state index contributed by atoms with van der Waals surface area (Å²) in [6.45, 7) is 2.22. The maximum atomic E-state index is 12.1. The topological polar surface area (TPSA) is 105 Å². The van der Waals surface area contributed by atoms with Crippen LogP contribution in [0.2, 0.25) is 5.02 Å². The van der Waals surface area contributed by atoms with Crippen LogP contribution >= 0.6 is 11.6 Å². The Balaban J connectivity index is 1.75. The van der Waals surface area contributed by atoms with Crippen molar-refractivity contribution >= 4 is 33.4 Å². The molecule has 2 rings (SSSR count). The summed E-state index contributed by atoms with van der Waals surface area (Å²) in [5.41, 5.74) is 5.75. The van der Waals surface area contributed by atoms with Crippen molar-refractivity contribution in [3.63, 3.8) is 0 Å². The van der Waals surface area contributed by atoms with Gasteiger partial charge in [0.25, 0.3) is 5.91 Å². The van der Waals surface area contributed by atoms with E-state index in [1.165, 1.54) is 38.4 Å². The minimum Gasteiger partial charge on any atom is -0.493 e. The van der Waals surface area contributed by atoms with Crippen molar-refractivity contribution in [2.45, 2.75) is 24.7 Å². The molecule has 0 heterocycles. The normalized spacial score (nSPS) is 11.2. The zero-order valence-electron chi connectivity index (χ0n) is 16.9. The van der Waals surface area contributed by atoms with Crippen molar-refractivity contribution in [2.75, 3.05) is 20.7 Å². The SMILES string of the molecule is Cc1cc(Cl)ccc1OCCCC(=O)NNC(=O)c1ccc(S(=O)(=O)N(C)C)cc1. The number of nitrogens with zero attached hydrogens (tertiary/aromatic N) is 1. The average Bonchev–Trinajstić information content (AvgIpc) is 2.70. The molecule has 2 N–H and O–H groups in total. The number of benzene rings is 2. The fourth-order valence-corrected chi connectivity index (χ4v) is 3.57. The third kappa shape index (κ3) is 6.45. The second-order valence-electron chi connectivity index (χ2n) is 6.68. The van der Waals surface area contributed by atoms with Gasteiger partial charge in [0, 0.05) is 31.1 Å². The summed E-state index contributed by atoms with van der Waals surface area (Å²) in [5.74, 6) is -0.218. The molecule has 0 fully saturated rings. The van der Waals surface area contributed by atoms with Crippen LogP contribution in [-0.4, -0.2) is 45.2 Å². The highest BCUT2D eigenvalue weighted by Gasteiger charge is 2.17. The lowest BCUT2D eigenvalue weighted by Gasteiger charge is -2.12. The first kappa shape index (κ1) is 23.7. The third-order valence-electron chi connectivity index (χ3n) is 4.15. The summed E-state index contributed by atoms with van der Waals surface area (Å²) in [6, 6.07) is 10.7. The molecular weight excluding hydrogens is 430 g/mol. The molecule has 10 heteroatoms. The van der Waals surface area contributed by atoms with Gasteiger partial charge in [0.05, 0.1) is 11.5 Å². The van der Waals surface area contributed by atoms with Crippen LogP contribution in [0.5, 0.6) is 5.75 Å². The number of ether oxygens (including phenoxy) is 1. The highest BCUT2D eigenvalue weighted by Crippen LogP contribution is 2.21. The molecule has 2 aromatic rings. The van der Waals surface area contributed by atoms with E-state index in [1.807, 2.05) is 6.92 Å². The highest BCUT2D eigenvalue weighted by molar-refractivity contribution is 7.89. The largest absolute Gasteiger partial charge is 0.493 e. The van der Waals surface area contributed by atoms with E-state index in [1.54, 1.807) is 18.2 Å². The highest BCUT2D eigenvalue weighted by atomic mass is 35.5. The molecule has 0 aromatic heterocycles.